The van der Waals surface area contributed by atoms with Crippen LogP contribution in [0.25, 0.3) is 11.0 Å². The number of aromatic nitrogens is 3. The summed E-state index contributed by atoms with van der Waals surface area (Å²) in [7, 11) is 1.62. The van der Waals surface area contributed by atoms with E-state index in [1.54, 1.807) is 20.1 Å². The fraction of sp³-hybridized carbons (Fsp3) is 0.222. The van der Waals surface area contributed by atoms with Crippen LogP contribution >= 0.6 is 0 Å². The number of hydrogen-bond donors (Lipinski definition) is 2. The average molecular weight is 351 g/mol. The summed E-state index contributed by atoms with van der Waals surface area (Å²) in [6.45, 7) is 2.72. The molecule has 0 amide bonds. The van der Waals surface area contributed by atoms with Gasteiger partial charge in [0.05, 0.1) is 31.3 Å². The maximum atomic E-state index is 12.0. The zero-order chi connectivity index (χ0) is 18.1. The van der Waals surface area contributed by atoms with Gasteiger partial charge in [0, 0.05) is 6.21 Å². The van der Waals surface area contributed by atoms with Crippen LogP contribution in [0.1, 0.15) is 28.5 Å². The van der Waals surface area contributed by atoms with Crippen molar-refractivity contribution in [3.05, 3.63) is 41.3 Å². The SMILES string of the molecule is CCOC(=O)c1cc2c(Nc3cc4c(cc3OC)CN=C4)ncnc2[nH]1. The van der Waals surface area contributed by atoms with Crippen LogP contribution in [0, 0.1) is 0 Å². The van der Waals surface area contributed by atoms with Crippen LogP contribution in [0.3, 0.4) is 0 Å². The number of aromatic amines is 1. The van der Waals surface area contributed by atoms with Gasteiger partial charge in [0.25, 0.3) is 0 Å². The summed E-state index contributed by atoms with van der Waals surface area (Å²) in [5.74, 6) is 0.833. The molecule has 0 saturated heterocycles. The maximum Gasteiger partial charge on any atom is 0.354 e. The van der Waals surface area contributed by atoms with E-state index in [0.29, 0.717) is 41.4 Å². The molecule has 1 aromatic carbocycles. The Morgan fingerprint density at radius 3 is 3.00 bits per heavy atom. The van der Waals surface area contributed by atoms with Crippen molar-refractivity contribution in [3.63, 3.8) is 0 Å². The lowest BCUT2D eigenvalue weighted by Crippen LogP contribution is -2.04. The quantitative estimate of drug-likeness (QED) is 0.686. The van der Waals surface area contributed by atoms with Gasteiger partial charge in [-0.1, -0.05) is 0 Å². The molecule has 26 heavy (non-hydrogen) atoms. The van der Waals surface area contributed by atoms with Crippen LogP contribution in [-0.2, 0) is 11.3 Å². The average Bonchev–Trinajstić information content (AvgIpc) is 3.28. The van der Waals surface area contributed by atoms with Crippen molar-refractivity contribution in [2.75, 3.05) is 19.0 Å². The highest BCUT2D eigenvalue weighted by Crippen LogP contribution is 2.33. The van der Waals surface area contributed by atoms with E-state index >= 15 is 0 Å². The van der Waals surface area contributed by atoms with Gasteiger partial charge >= 0.3 is 5.97 Å². The predicted octanol–water partition coefficient (Wildman–Crippen LogP) is 2.82. The molecular formula is C18H17N5O3. The van der Waals surface area contributed by atoms with Crippen LogP contribution in [0.2, 0.25) is 0 Å². The normalized spacial score (nSPS) is 12.2. The van der Waals surface area contributed by atoms with Crippen molar-refractivity contribution in [1.82, 2.24) is 15.0 Å². The zero-order valence-corrected chi connectivity index (χ0v) is 14.4. The van der Waals surface area contributed by atoms with Gasteiger partial charge in [-0.15, -0.1) is 0 Å². The predicted molar refractivity (Wildman–Crippen MR) is 97.4 cm³/mol. The Labute approximate surface area is 149 Å². The number of fused-ring (bicyclic) bond motifs is 2. The third-order valence-electron chi connectivity index (χ3n) is 4.13. The summed E-state index contributed by atoms with van der Waals surface area (Å²) in [4.78, 5) is 27.7. The van der Waals surface area contributed by atoms with E-state index in [1.165, 1.54) is 6.33 Å². The van der Waals surface area contributed by atoms with Gasteiger partial charge in [-0.3, -0.25) is 4.99 Å². The summed E-state index contributed by atoms with van der Waals surface area (Å²) in [6, 6.07) is 5.61. The number of esters is 1. The van der Waals surface area contributed by atoms with Crippen LogP contribution in [0.4, 0.5) is 11.5 Å². The molecule has 132 valence electrons. The second kappa shape index (κ2) is 6.47. The molecule has 0 radical (unpaired) electrons. The number of rotatable bonds is 5. The van der Waals surface area contributed by atoms with Crippen LogP contribution < -0.4 is 10.1 Å². The van der Waals surface area contributed by atoms with E-state index in [0.717, 1.165) is 16.8 Å². The van der Waals surface area contributed by atoms with Crippen molar-refractivity contribution < 1.29 is 14.3 Å². The lowest BCUT2D eigenvalue weighted by atomic mass is 10.1. The maximum absolute atomic E-state index is 12.0. The highest BCUT2D eigenvalue weighted by Gasteiger charge is 2.17. The molecule has 4 rings (SSSR count). The first-order valence-corrected chi connectivity index (χ1v) is 8.18. The molecule has 3 heterocycles. The second-order valence-electron chi connectivity index (χ2n) is 5.73. The number of anilines is 2. The van der Waals surface area contributed by atoms with Crippen molar-refractivity contribution >= 4 is 34.7 Å². The van der Waals surface area contributed by atoms with Crippen LogP contribution in [0.15, 0.2) is 29.5 Å². The van der Waals surface area contributed by atoms with E-state index in [-0.39, 0.29) is 0 Å². The molecule has 3 aromatic rings. The number of ether oxygens (including phenoxy) is 2. The molecule has 2 N–H and O–H groups in total. The van der Waals surface area contributed by atoms with Crippen molar-refractivity contribution in [3.8, 4) is 5.75 Å². The number of nitrogens with one attached hydrogen (secondary N) is 2. The highest BCUT2D eigenvalue weighted by atomic mass is 16.5. The smallest absolute Gasteiger partial charge is 0.354 e. The molecule has 0 atom stereocenters. The molecule has 2 aromatic heterocycles. The molecule has 8 heteroatoms. The van der Waals surface area contributed by atoms with E-state index in [4.69, 9.17) is 9.47 Å². The van der Waals surface area contributed by atoms with Gasteiger partial charge in [-0.25, -0.2) is 14.8 Å². The number of methoxy groups -OCH3 is 1. The van der Waals surface area contributed by atoms with Gasteiger partial charge in [0.15, 0.2) is 0 Å². The molecule has 0 spiro atoms. The molecular weight excluding hydrogens is 334 g/mol. The third kappa shape index (κ3) is 2.75. The van der Waals surface area contributed by atoms with E-state index < -0.39 is 5.97 Å². The first kappa shape index (κ1) is 16.1. The van der Waals surface area contributed by atoms with Crippen molar-refractivity contribution in [1.29, 1.82) is 0 Å². The van der Waals surface area contributed by atoms with Gasteiger partial charge in [-0.05, 0) is 36.2 Å². The summed E-state index contributed by atoms with van der Waals surface area (Å²) in [5.41, 5.74) is 3.80. The molecule has 1 aliphatic rings. The van der Waals surface area contributed by atoms with Crippen LogP contribution in [-0.4, -0.2) is 40.9 Å². The van der Waals surface area contributed by atoms with Gasteiger partial charge in [-0.2, -0.15) is 0 Å². The number of benzene rings is 1. The molecule has 8 nitrogen and oxygen atoms in total. The Morgan fingerprint density at radius 1 is 1.31 bits per heavy atom. The number of nitrogens with zero attached hydrogens (tertiary/aromatic N) is 3. The van der Waals surface area contributed by atoms with Gasteiger partial charge in [0.2, 0.25) is 0 Å². The Balaban J connectivity index is 1.74. The lowest BCUT2D eigenvalue weighted by Gasteiger charge is -2.13. The number of carbonyl (C=O) groups is 1. The summed E-state index contributed by atoms with van der Waals surface area (Å²) in [6.07, 6.45) is 3.27. The molecule has 0 aliphatic carbocycles. The number of H-pyrrole nitrogens is 1. The molecule has 1 aliphatic heterocycles. The first-order chi connectivity index (χ1) is 12.7. The lowest BCUT2D eigenvalue weighted by molar-refractivity contribution is 0.0520. The largest absolute Gasteiger partial charge is 0.495 e. The van der Waals surface area contributed by atoms with E-state index in [9.17, 15) is 4.79 Å². The van der Waals surface area contributed by atoms with E-state index in [2.05, 4.69) is 25.3 Å². The minimum Gasteiger partial charge on any atom is -0.495 e. The molecule has 0 bridgehead atoms. The molecule has 0 unspecified atom stereocenters. The highest BCUT2D eigenvalue weighted by molar-refractivity contribution is 5.98. The van der Waals surface area contributed by atoms with Crippen LogP contribution in [0.5, 0.6) is 5.75 Å². The number of carbonyl (C=O) groups excluding carboxylic acids is 1. The summed E-state index contributed by atoms with van der Waals surface area (Å²) >= 11 is 0. The Morgan fingerprint density at radius 2 is 2.19 bits per heavy atom. The van der Waals surface area contributed by atoms with Crippen molar-refractivity contribution in [2.45, 2.75) is 13.5 Å². The van der Waals surface area contributed by atoms with Gasteiger partial charge in [0.1, 0.15) is 29.2 Å². The fourth-order valence-electron chi connectivity index (χ4n) is 2.89. The molecule has 0 saturated carbocycles. The third-order valence-corrected chi connectivity index (χ3v) is 4.13. The minimum absolute atomic E-state index is 0.304. The number of aliphatic imine (C=N–C) groups is 1. The van der Waals surface area contributed by atoms with E-state index in [1.807, 2.05) is 18.3 Å². The zero-order valence-electron chi connectivity index (χ0n) is 14.4. The second-order valence-corrected chi connectivity index (χ2v) is 5.73. The fourth-order valence-corrected chi connectivity index (χ4v) is 2.89. The monoisotopic (exact) mass is 351 g/mol. The topological polar surface area (TPSA) is 101 Å². The Bertz CT molecular complexity index is 1030. The van der Waals surface area contributed by atoms with Gasteiger partial charge < -0.3 is 19.8 Å². The summed E-state index contributed by atoms with van der Waals surface area (Å²) in [5, 5.41) is 3.96. The first-order valence-electron chi connectivity index (χ1n) is 8.18. The summed E-state index contributed by atoms with van der Waals surface area (Å²) < 4.78 is 10.5. The minimum atomic E-state index is -0.428. The number of hydrogen-bond acceptors (Lipinski definition) is 7. The Kier molecular flexibility index (Phi) is 4.00. The van der Waals surface area contributed by atoms with Crippen molar-refractivity contribution in [2.24, 2.45) is 4.99 Å². The molecule has 0 fully saturated rings. The Hall–Kier alpha value is -3.42. The standard InChI is InChI=1S/C18H17N5O3/c1-3-26-18(24)14-6-12-16(20-9-21-17(12)23-14)22-13-4-10-7-19-8-11(10)5-15(13)25-2/h4-7,9H,3,8H2,1-2H3,(H2,20,21,22,23).